The Morgan fingerprint density at radius 2 is 2.08 bits per heavy atom. The molecule has 26 heavy (non-hydrogen) atoms. The quantitative estimate of drug-likeness (QED) is 0.600. The molecular weight excluding hydrogens is 418 g/mol. The molecule has 1 aromatic carbocycles. The van der Waals surface area contributed by atoms with Gasteiger partial charge in [0.15, 0.2) is 11.6 Å². The zero-order chi connectivity index (χ0) is 19.1. The van der Waals surface area contributed by atoms with Gasteiger partial charge in [0, 0.05) is 6.51 Å². The molecule has 0 atom stereocenters. The summed E-state index contributed by atoms with van der Waals surface area (Å²) >= 11 is 13.4. The van der Waals surface area contributed by atoms with Crippen LogP contribution >= 0.6 is 34.5 Å². The Morgan fingerprint density at radius 1 is 1.38 bits per heavy atom. The van der Waals surface area contributed by atoms with Gasteiger partial charge in [-0.3, -0.25) is 0 Å². The van der Waals surface area contributed by atoms with Crippen LogP contribution in [0.15, 0.2) is 17.6 Å². The SMILES string of the molecule is [B]COc1c(Cl)ccc(Cl)c1C1=C(O)c2scnc2N(CC#C)S1(=O)=O. The summed E-state index contributed by atoms with van der Waals surface area (Å²) in [5.41, 5.74) is 1.31. The van der Waals surface area contributed by atoms with Gasteiger partial charge in [-0.1, -0.05) is 29.1 Å². The van der Waals surface area contributed by atoms with E-state index in [-0.39, 0.29) is 45.1 Å². The van der Waals surface area contributed by atoms with E-state index in [1.165, 1.54) is 17.6 Å². The molecule has 0 spiro atoms. The van der Waals surface area contributed by atoms with Crippen molar-refractivity contribution in [2.75, 3.05) is 17.4 Å². The van der Waals surface area contributed by atoms with Crippen LogP contribution in [0.25, 0.3) is 10.7 Å². The van der Waals surface area contributed by atoms with E-state index in [0.29, 0.717) is 0 Å². The second-order valence-electron chi connectivity index (χ2n) is 4.94. The second-order valence-corrected chi connectivity index (χ2v) is 8.41. The molecule has 1 aliphatic rings. The number of aliphatic hydroxyl groups excluding tert-OH is 1. The van der Waals surface area contributed by atoms with Crippen LogP contribution in [0.5, 0.6) is 5.75 Å². The molecule has 1 aromatic heterocycles. The molecule has 0 aliphatic carbocycles. The molecule has 1 aliphatic heterocycles. The van der Waals surface area contributed by atoms with Gasteiger partial charge in [-0.15, -0.1) is 17.8 Å². The molecule has 2 radical (unpaired) electrons. The number of nitrogens with zero attached hydrogens (tertiary/aromatic N) is 2. The number of sulfonamides is 1. The first kappa shape index (κ1) is 18.9. The van der Waals surface area contributed by atoms with Gasteiger partial charge in [0.05, 0.1) is 27.7 Å². The van der Waals surface area contributed by atoms with E-state index in [0.717, 1.165) is 15.6 Å². The highest BCUT2D eigenvalue weighted by molar-refractivity contribution is 8.02. The predicted molar refractivity (Wildman–Crippen MR) is 104 cm³/mol. The van der Waals surface area contributed by atoms with E-state index in [1.54, 1.807) is 0 Å². The van der Waals surface area contributed by atoms with E-state index in [4.69, 9.17) is 42.2 Å². The van der Waals surface area contributed by atoms with Crippen molar-refractivity contribution in [3.05, 3.63) is 38.1 Å². The Labute approximate surface area is 165 Å². The van der Waals surface area contributed by atoms with Crippen LogP contribution in [-0.4, -0.2) is 39.4 Å². The number of rotatable bonds is 4. The van der Waals surface area contributed by atoms with E-state index in [9.17, 15) is 13.5 Å². The van der Waals surface area contributed by atoms with Crippen molar-refractivity contribution >= 4 is 68.9 Å². The Morgan fingerprint density at radius 3 is 2.73 bits per heavy atom. The molecule has 0 unspecified atom stereocenters. The number of fused-ring (bicyclic) bond motifs is 1. The van der Waals surface area contributed by atoms with Gasteiger partial charge in [0.2, 0.25) is 0 Å². The fourth-order valence-electron chi connectivity index (χ4n) is 2.49. The summed E-state index contributed by atoms with van der Waals surface area (Å²) in [6, 6.07) is 2.83. The summed E-state index contributed by atoms with van der Waals surface area (Å²) < 4.78 is 32.6. The molecule has 0 fully saturated rings. The number of terminal acetylenes is 1. The Kier molecular flexibility index (Phi) is 5.13. The van der Waals surface area contributed by atoms with Crippen molar-refractivity contribution in [1.29, 1.82) is 0 Å². The van der Waals surface area contributed by atoms with Crippen LogP contribution in [0, 0.1) is 12.3 Å². The highest BCUT2D eigenvalue weighted by Crippen LogP contribution is 2.49. The van der Waals surface area contributed by atoms with Crippen molar-refractivity contribution in [3.63, 3.8) is 0 Å². The number of hydrogen-bond acceptors (Lipinski definition) is 6. The zero-order valence-electron chi connectivity index (χ0n) is 12.9. The summed E-state index contributed by atoms with van der Waals surface area (Å²) in [6.45, 7) is -0.553. The first-order chi connectivity index (χ1) is 12.3. The monoisotopic (exact) mass is 426 g/mol. The molecule has 0 saturated heterocycles. The van der Waals surface area contributed by atoms with Gasteiger partial charge < -0.3 is 9.84 Å². The maximum Gasteiger partial charge on any atom is 0.270 e. The minimum absolute atomic E-state index is 0.0107. The van der Waals surface area contributed by atoms with Gasteiger partial charge in [-0.05, 0) is 12.1 Å². The highest BCUT2D eigenvalue weighted by atomic mass is 35.5. The van der Waals surface area contributed by atoms with Crippen LogP contribution in [0.3, 0.4) is 0 Å². The van der Waals surface area contributed by atoms with Crippen molar-refractivity contribution in [3.8, 4) is 18.1 Å². The van der Waals surface area contributed by atoms with Gasteiger partial charge in [0.25, 0.3) is 10.0 Å². The number of aromatic nitrogens is 1. The number of halogens is 2. The van der Waals surface area contributed by atoms with E-state index < -0.39 is 20.7 Å². The first-order valence-electron chi connectivity index (χ1n) is 6.99. The standard InChI is InChI=1S/C15H9BCl2N2O4S2/c1-2-5-20-15-13(25-7-19-15)11(21)14(26(20,22)23)10-8(17)3-4-9(18)12(10)24-6-16/h1,3-4,7,21H,5-6H2. The lowest BCUT2D eigenvalue weighted by molar-refractivity contribution is 0.386. The summed E-state index contributed by atoms with van der Waals surface area (Å²) in [5, 5.41) is 10.8. The Hall–Kier alpha value is -1.86. The molecule has 0 bridgehead atoms. The fourth-order valence-corrected chi connectivity index (χ4v) is 5.50. The summed E-state index contributed by atoms with van der Waals surface area (Å²) in [6.07, 6.45) is 5.31. The first-order valence-corrected chi connectivity index (χ1v) is 10.1. The third-order valence-corrected chi connectivity index (χ3v) is 6.74. The molecule has 6 nitrogen and oxygen atoms in total. The van der Waals surface area contributed by atoms with Gasteiger partial charge in [0.1, 0.15) is 23.4 Å². The maximum absolute atomic E-state index is 13.2. The Balaban J connectivity index is 2.40. The second kappa shape index (κ2) is 7.04. The minimum Gasteiger partial charge on any atom is -0.505 e. The molecule has 11 heteroatoms. The van der Waals surface area contributed by atoms with E-state index >= 15 is 0 Å². The number of aliphatic hydroxyl groups is 1. The smallest absolute Gasteiger partial charge is 0.270 e. The molecule has 132 valence electrons. The normalized spacial score (nSPS) is 15.5. The molecular formula is C15H9BCl2N2O4S2. The fraction of sp³-hybridized carbons (Fsp3) is 0.133. The third kappa shape index (κ3) is 2.83. The Bertz CT molecular complexity index is 1060. The lowest BCUT2D eigenvalue weighted by atomic mass is 10.1. The zero-order valence-corrected chi connectivity index (χ0v) is 16.1. The number of hydrogen-bond donors (Lipinski definition) is 1. The van der Waals surface area contributed by atoms with Crippen LogP contribution in [0.1, 0.15) is 10.4 Å². The molecule has 3 rings (SSSR count). The van der Waals surface area contributed by atoms with E-state index in [1.807, 2.05) is 0 Å². The van der Waals surface area contributed by atoms with Crippen molar-refractivity contribution in [2.45, 2.75) is 0 Å². The van der Waals surface area contributed by atoms with Gasteiger partial charge in [-0.2, -0.15) is 0 Å². The topological polar surface area (TPSA) is 79.7 Å². The highest BCUT2D eigenvalue weighted by Gasteiger charge is 2.42. The average molecular weight is 427 g/mol. The lowest BCUT2D eigenvalue weighted by Crippen LogP contribution is -2.35. The van der Waals surface area contributed by atoms with Crippen LogP contribution < -0.4 is 9.04 Å². The summed E-state index contributed by atoms with van der Waals surface area (Å²) in [4.78, 5) is 3.76. The molecule has 0 amide bonds. The van der Waals surface area contributed by atoms with Gasteiger partial charge in [-0.25, -0.2) is 17.7 Å². The lowest BCUT2D eigenvalue weighted by Gasteiger charge is -2.28. The third-order valence-electron chi connectivity index (χ3n) is 3.51. The van der Waals surface area contributed by atoms with Crippen molar-refractivity contribution < 1.29 is 18.3 Å². The van der Waals surface area contributed by atoms with Crippen LogP contribution in [0.4, 0.5) is 5.82 Å². The van der Waals surface area contributed by atoms with Crippen molar-refractivity contribution in [2.24, 2.45) is 0 Å². The largest absolute Gasteiger partial charge is 0.505 e. The maximum atomic E-state index is 13.2. The van der Waals surface area contributed by atoms with Crippen molar-refractivity contribution in [1.82, 2.24) is 4.98 Å². The van der Waals surface area contributed by atoms with Crippen LogP contribution in [0.2, 0.25) is 10.0 Å². The summed E-state index contributed by atoms with van der Waals surface area (Å²) in [7, 11) is 1.13. The molecule has 2 aromatic rings. The predicted octanol–water partition coefficient (Wildman–Crippen LogP) is 3.12. The molecule has 0 saturated carbocycles. The van der Waals surface area contributed by atoms with E-state index in [2.05, 4.69) is 10.9 Å². The number of benzene rings is 1. The van der Waals surface area contributed by atoms with Crippen LogP contribution in [-0.2, 0) is 10.0 Å². The summed E-state index contributed by atoms with van der Waals surface area (Å²) in [5.74, 6) is 1.76. The number of thiazole rings is 1. The number of ether oxygens (including phenoxy) is 1. The average Bonchev–Trinajstić information content (AvgIpc) is 3.07. The van der Waals surface area contributed by atoms with Gasteiger partial charge >= 0.3 is 0 Å². The minimum atomic E-state index is -4.29. The molecule has 1 N–H and O–H groups in total. The number of anilines is 1. The molecule has 2 heterocycles.